The summed E-state index contributed by atoms with van der Waals surface area (Å²) in [6.07, 6.45) is 0.656. The fourth-order valence-corrected chi connectivity index (χ4v) is 3.64. The number of aromatic nitrogens is 2. The van der Waals surface area contributed by atoms with Gasteiger partial charge in [-0.25, -0.2) is 4.79 Å². The first-order valence-electron chi connectivity index (χ1n) is 8.30. The van der Waals surface area contributed by atoms with Crippen molar-refractivity contribution in [3.05, 3.63) is 79.5 Å². The molecule has 0 radical (unpaired) electrons. The monoisotopic (exact) mass is 369 g/mol. The molecule has 0 unspecified atom stereocenters. The predicted octanol–water partition coefficient (Wildman–Crippen LogP) is 1.93. The standard InChI is InChI=1S/C19H16ClN3O3/c20-15-6-3-4-12-10-22(9-8-13(12)15)17(24)11-23-18(25)14-5-1-2-7-16(14)21-19(23)26/h1-7H,8-11H2,(H,21,26). The maximum atomic E-state index is 12.7. The molecular weight excluding hydrogens is 354 g/mol. The zero-order chi connectivity index (χ0) is 18.3. The second kappa shape index (κ2) is 6.46. The highest BCUT2D eigenvalue weighted by atomic mass is 35.5. The number of nitrogens with zero attached hydrogens (tertiary/aromatic N) is 2. The van der Waals surface area contributed by atoms with E-state index in [2.05, 4.69) is 4.98 Å². The lowest BCUT2D eigenvalue weighted by Crippen LogP contribution is -2.43. The molecule has 0 saturated heterocycles. The smallest absolute Gasteiger partial charge is 0.329 e. The van der Waals surface area contributed by atoms with Crippen LogP contribution in [0.2, 0.25) is 5.02 Å². The number of amides is 1. The van der Waals surface area contributed by atoms with Gasteiger partial charge in [0.1, 0.15) is 6.54 Å². The number of fused-ring (bicyclic) bond motifs is 2. The highest BCUT2D eigenvalue weighted by Gasteiger charge is 2.23. The van der Waals surface area contributed by atoms with Gasteiger partial charge in [-0.15, -0.1) is 0 Å². The van der Waals surface area contributed by atoms with E-state index in [1.165, 1.54) is 0 Å². The third-order valence-corrected chi connectivity index (χ3v) is 5.10. The van der Waals surface area contributed by atoms with Gasteiger partial charge in [-0.3, -0.25) is 14.2 Å². The number of hydrogen-bond acceptors (Lipinski definition) is 3. The van der Waals surface area contributed by atoms with Gasteiger partial charge in [-0.1, -0.05) is 35.9 Å². The summed E-state index contributed by atoms with van der Waals surface area (Å²) >= 11 is 6.20. The summed E-state index contributed by atoms with van der Waals surface area (Å²) in [6.45, 7) is 0.652. The highest BCUT2D eigenvalue weighted by Crippen LogP contribution is 2.25. The Morgan fingerprint density at radius 1 is 1.12 bits per heavy atom. The molecule has 0 atom stereocenters. The lowest BCUT2D eigenvalue weighted by atomic mass is 10.00. The van der Waals surface area contributed by atoms with Gasteiger partial charge in [0, 0.05) is 18.1 Å². The molecule has 0 aliphatic carbocycles. The number of carbonyl (C=O) groups is 1. The second-order valence-electron chi connectivity index (χ2n) is 6.31. The summed E-state index contributed by atoms with van der Waals surface area (Å²) in [7, 11) is 0. The number of rotatable bonds is 2. The molecule has 2 heterocycles. The van der Waals surface area contributed by atoms with Crippen molar-refractivity contribution in [1.82, 2.24) is 14.5 Å². The van der Waals surface area contributed by atoms with E-state index >= 15 is 0 Å². The van der Waals surface area contributed by atoms with Crippen LogP contribution in [0.3, 0.4) is 0 Å². The third-order valence-electron chi connectivity index (χ3n) is 4.74. The maximum Gasteiger partial charge on any atom is 0.329 e. The van der Waals surface area contributed by atoms with Gasteiger partial charge in [0.05, 0.1) is 10.9 Å². The number of carbonyl (C=O) groups excluding carboxylic acids is 1. The number of benzene rings is 2. The number of H-pyrrole nitrogens is 1. The lowest BCUT2D eigenvalue weighted by molar-refractivity contribution is -0.132. The van der Waals surface area contributed by atoms with E-state index in [0.29, 0.717) is 35.4 Å². The molecule has 0 bridgehead atoms. The van der Waals surface area contributed by atoms with Crippen LogP contribution < -0.4 is 11.2 Å². The summed E-state index contributed by atoms with van der Waals surface area (Å²) in [5.74, 6) is -0.265. The van der Waals surface area contributed by atoms with Crippen LogP contribution in [0.25, 0.3) is 10.9 Å². The molecule has 1 amide bonds. The Bertz CT molecular complexity index is 1130. The first-order chi connectivity index (χ1) is 12.5. The van der Waals surface area contributed by atoms with Crippen molar-refractivity contribution in [3.8, 4) is 0 Å². The quantitative estimate of drug-likeness (QED) is 0.750. The van der Waals surface area contributed by atoms with E-state index in [1.54, 1.807) is 29.2 Å². The largest absolute Gasteiger partial charge is 0.336 e. The van der Waals surface area contributed by atoms with Gasteiger partial charge in [0.15, 0.2) is 0 Å². The Kier molecular flexibility index (Phi) is 4.12. The predicted molar refractivity (Wildman–Crippen MR) is 99.4 cm³/mol. The lowest BCUT2D eigenvalue weighted by Gasteiger charge is -2.29. The van der Waals surface area contributed by atoms with E-state index in [1.807, 2.05) is 18.2 Å². The van der Waals surface area contributed by atoms with Gasteiger partial charge in [-0.05, 0) is 35.7 Å². The van der Waals surface area contributed by atoms with E-state index in [-0.39, 0.29) is 12.5 Å². The van der Waals surface area contributed by atoms with Gasteiger partial charge >= 0.3 is 5.69 Å². The Hall–Kier alpha value is -2.86. The van der Waals surface area contributed by atoms with Gasteiger partial charge in [-0.2, -0.15) is 0 Å². The van der Waals surface area contributed by atoms with Crippen molar-refractivity contribution in [2.75, 3.05) is 6.54 Å². The molecule has 132 valence electrons. The Balaban J connectivity index is 1.63. The van der Waals surface area contributed by atoms with Crippen LogP contribution in [0.4, 0.5) is 0 Å². The van der Waals surface area contributed by atoms with Crippen molar-refractivity contribution >= 4 is 28.4 Å². The first kappa shape index (κ1) is 16.6. The molecule has 1 aliphatic rings. The maximum absolute atomic E-state index is 12.7. The SMILES string of the molecule is O=C(Cn1c(=O)[nH]c2ccccc2c1=O)N1CCc2c(Cl)cccc2C1. The number of aromatic amines is 1. The molecule has 3 aromatic rings. The highest BCUT2D eigenvalue weighted by molar-refractivity contribution is 6.31. The molecule has 0 spiro atoms. The number of halogens is 1. The molecular formula is C19H16ClN3O3. The fraction of sp³-hybridized carbons (Fsp3) is 0.211. The van der Waals surface area contributed by atoms with Crippen LogP contribution >= 0.6 is 11.6 Å². The molecule has 2 aromatic carbocycles. The summed E-state index contributed by atoms with van der Waals surface area (Å²) < 4.78 is 0.957. The molecule has 1 N–H and O–H groups in total. The normalized spacial score (nSPS) is 13.7. The summed E-state index contributed by atoms with van der Waals surface area (Å²) in [5.41, 5.74) is 1.48. The van der Waals surface area contributed by atoms with Crippen molar-refractivity contribution in [2.45, 2.75) is 19.5 Å². The molecule has 4 rings (SSSR count). The van der Waals surface area contributed by atoms with Crippen LogP contribution in [0, 0.1) is 0 Å². The minimum Gasteiger partial charge on any atom is -0.336 e. The van der Waals surface area contributed by atoms with Gasteiger partial charge in [0.2, 0.25) is 5.91 Å². The average Bonchev–Trinajstić information content (AvgIpc) is 2.65. The molecule has 6 nitrogen and oxygen atoms in total. The third kappa shape index (κ3) is 2.82. The van der Waals surface area contributed by atoms with Crippen LogP contribution in [-0.4, -0.2) is 26.9 Å². The molecule has 1 aliphatic heterocycles. The Morgan fingerprint density at radius 3 is 2.77 bits per heavy atom. The number of nitrogens with one attached hydrogen (secondary N) is 1. The molecule has 0 fully saturated rings. The summed E-state index contributed by atoms with van der Waals surface area (Å²) in [6, 6.07) is 12.4. The minimum atomic E-state index is -0.581. The van der Waals surface area contributed by atoms with Gasteiger partial charge in [0.25, 0.3) is 5.56 Å². The molecule has 7 heteroatoms. The Labute approximate surface area is 153 Å². The van der Waals surface area contributed by atoms with E-state index in [0.717, 1.165) is 15.7 Å². The number of para-hydroxylation sites is 1. The van der Waals surface area contributed by atoms with E-state index in [4.69, 9.17) is 11.6 Å². The minimum absolute atomic E-state index is 0.265. The van der Waals surface area contributed by atoms with Crippen molar-refractivity contribution < 1.29 is 4.79 Å². The van der Waals surface area contributed by atoms with E-state index < -0.39 is 11.2 Å². The zero-order valence-electron chi connectivity index (χ0n) is 13.9. The van der Waals surface area contributed by atoms with Crippen LogP contribution in [0.1, 0.15) is 11.1 Å². The summed E-state index contributed by atoms with van der Waals surface area (Å²) in [4.78, 5) is 41.8. The van der Waals surface area contributed by atoms with E-state index in [9.17, 15) is 14.4 Å². The summed E-state index contributed by atoms with van der Waals surface area (Å²) in [5, 5.41) is 1.09. The molecule has 26 heavy (non-hydrogen) atoms. The molecule has 0 saturated carbocycles. The van der Waals surface area contributed by atoms with Crippen molar-refractivity contribution in [3.63, 3.8) is 0 Å². The number of hydrogen-bond donors (Lipinski definition) is 1. The Morgan fingerprint density at radius 2 is 1.92 bits per heavy atom. The van der Waals surface area contributed by atoms with Crippen molar-refractivity contribution in [1.29, 1.82) is 0 Å². The fourth-order valence-electron chi connectivity index (χ4n) is 3.35. The van der Waals surface area contributed by atoms with Crippen LogP contribution in [0.15, 0.2) is 52.1 Å². The second-order valence-corrected chi connectivity index (χ2v) is 6.72. The van der Waals surface area contributed by atoms with Crippen molar-refractivity contribution in [2.24, 2.45) is 0 Å². The average molecular weight is 370 g/mol. The topological polar surface area (TPSA) is 75.2 Å². The van der Waals surface area contributed by atoms with Crippen LogP contribution in [0.5, 0.6) is 0 Å². The molecule has 1 aromatic heterocycles. The first-order valence-corrected chi connectivity index (χ1v) is 8.68. The van der Waals surface area contributed by atoms with Crippen LogP contribution in [-0.2, 0) is 24.3 Å². The van der Waals surface area contributed by atoms with Gasteiger partial charge < -0.3 is 9.88 Å². The zero-order valence-corrected chi connectivity index (χ0v) is 14.6.